The zero-order valence-corrected chi connectivity index (χ0v) is 16.0. The predicted octanol–water partition coefficient (Wildman–Crippen LogP) is 3.52. The zero-order valence-electron chi connectivity index (χ0n) is 16.0. The largest absolute Gasteiger partial charge is 0.305 e. The van der Waals surface area contributed by atoms with Gasteiger partial charge < -0.3 is 5.32 Å². The summed E-state index contributed by atoms with van der Waals surface area (Å²) in [7, 11) is 0. The van der Waals surface area contributed by atoms with Gasteiger partial charge in [0.15, 0.2) is 5.82 Å². The van der Waals surface area contributed by atoms with Crippen LogP contribution in [0.2, 0.25) is 0 Å². The summed E-state index contributed by atoms with van der Waals surface area (Å²) in [6.07, 6.45) is 5.26. The summed E-state index contributed by atoms with van der Waals surface area (Å²) in [6.45, 7) is 4.16. The first-order valence-corrected chi connectivity index (χ1v) is 9.07. The van der Waals surface area contributed by atoms with Gasteiger partial charge in [0, 0.05) is 24.7 Å². The maximum atomic E-state index is 13.2. The third-order valence-corrected chi connectivity index (χ3v) is 4.57. The number of amides is 1. The van der Waals surface area contributed by atoms with Gasteiger partial charge in [-0.3, -0.25) is 14.5 Å². The van der Waals surface area contributed by atoms with Crippen LogP contribution in [0.25, 0.3) is 5.69 Å². The van der Waals surface area contributed by atoms with E-state index < -0.39 is 0 Å². The number of aromatic nitrogens is 5. The van der Waals surface area contributed by atoms with E-state index in [0.29, 0.717) is 35.0 Å². The second kappa shape index (κ2) is 7.67. The van der Waals surface area contributed by atoms with E-state index in [9.17, 15) is 9.18 Å². The number of nitrogens with zero attached hydrogens (tertiary/aromatic N) is 5. The van der Waals surface area contributed by atoms with Crippen molar-refractivity contribution in [2.75, 3.05) is 5.32 Å². The highest BCUT2D eigenvalue weighted by Gasteiger charge is 2.20. The molecule has 0 saturated heterocycles. The number of rotatable bonds is 5. The Labute approximate surface area is 166 Å². The fourth-order valence-corrected chi connectivity index (χ4v) is 3.18. The quantitative estimate of drug-likeness (QED) is 0.566. The average molecular weight is 390 g/mol. The van der Waals surface area contributed by atoms with Crippen LogP contribution in [-0.2, 0) is 6.54 Å². The number of benzene rings is 1. The van der Waals surface area contributed by atoms with E-state index in [0.717, 1.165) is 5.56 Å². The number of aryl methyl sites for hydroxylation is 1. The van der Waals surface area contributed by atoms with Crippen LogP contribution in [0.3, 0.4) is 0 Å². The van der Waals surface area contributed by atoms with Crippen LogP contribution in [0.4, 0.5) is 10.2 Å². The molecule has 0 radical (unpaired) electrons. The molecular weight excluding hydrogens is 371 g/mol. The van der Waals surface area contributed by atoms with Crippen LogP contribution in [0.15, 0.2) is 61.1 Å². The Morgan fingerprint density at radius 1 is 1.03 bits per heavy atom. The van der Waals surface area contributed by atoms with Gasteiger partial charge in [-0.05, 0) is 55.8 Å². The lowest BCUT2D eigenvalue weighted by atomic mass is 10.2. The molecular formula is C21H19FN6O. The lowest BCUT2D eigenvalue weighted by molar-refractivity contribution is 0.102. The smallest absolute Gasteiger partial charge is 0.260 e. The molecule has 0 saturated carbocycles. The van der Waals surface area contributed by atoms with Crippen molar-refractivity contribution in [1.29, 1.82) is 0 Å². The van der Waals surface area contributed by atoms with E-state index in [1.807, 2.05) is 12.1 Å². The standard InChI is InChI=1S/C21H19FN6O/c1-14-20(15(2)28(25-14)18-5-3-17(22)4-6-18)21(29)24-19-9-12-27(26-19)13-16-7-10-23-11-8-16/h3-12H,13H2,1-2H3,(H,24,26,29). The molecule has 3 heterocycles. The summed E-state index contributed by atoms with van der Waals surface area (Å²) in [6, 6.07) is 11.5. The van der Waals surface area contributed by atoms with E-state index >= 15 is 0 Å². The summed E-state index contributed by atoms with van der Waals surface area (Å²) in [5.41, 5.74) is 3.47. The fraction of sp³-hybridized carbons (Fsp3) is 0.143. The van der Waals surface area contributed by atoms with Crippen molar-refractivity contribution in [2.24, 2.45) is 0 Å². The molecule has 29 heavy (non-hydrogen) atoms. The highest BCUT2D eigenvalue weighted by Crippen LogP contribution is 2.19. The van der Waals surface area contributed by atoms with Crippen LogP contribution in [-0.4, -0.2) is 30.5 Å². The number of hydrogen-bond acceptors (Lipinski definition) is 4. The first-order chi connectivity index (χ1) is 14.0. The van der Waals surface area contributed by atoms with Crippen molar-refractivity contribution in [3.63, 3.8) is 0 Å². The average Bonchev–Trinajstić information content (AvgIpc) is 3.26. The number of pyridine rings is 1. The van der Waals surface area contributed by atoms with E-state index in [2.05, 4.69) is 20.5 Å². The number of carbonyl (C=O) groups excluding carboxylic acids is 1. The van der Waals surface area contributed by atoms with Gasteiger partial charge in [-0.2, -0.15) is 10.2 Å². The van der Waals surface area contributed by atoms with Gasteiger partial charge in [0.05, 0.1) is 29.2 Å². The molecule has 0 aliphatic heterocycles. The SMILES string of the molecule is Cc1nn(-c2ccc(F)cc2)c(C)c1C(=O)Nc1ccn(Cc2ccncc2)n1. The Morgan fingerprint density at radius 3 is 2.48 bits per heavy atom. The third-order valence-electron chi connectivity index (χ3n) is 4.57. The van der Waals surface area contributed by atoms with Crippen molar-refractivity contribution >= 4 is 11.7 Å². The molecule has 0 spiro atoms. The number of halogens is 1. The monoisotopic (exact) mass is 390 g/mol. The van der Waals surface area contributed by atoms with Gasteiger partial charge in [-0.15, -0.1) is 0 Å². The molecule has 0 aliphatic carbocycles. The maximum absolute atomic E-state index is 13.2. The zero-order chi connectivity index (χ0) is 20.4. The van der Waals surface area contributed by atoms with E-state index in [1.165, 1.54) is 12.1 Å². The van der Waals surface area contributed by atoms with Gasteiger partial charge in [-0.25, -0.2) is 9.07 Å². The van der Waals surface area contributed by atoms with Crippen molar-refractivity contribution in [3.05, 3.63) is 89.4 Å². The lowest BCUT2D eigenvalue weighted by Gasteiger charge is -2.06. The number of carbonyl (C=O) groups is 1. The third kappa shape index (κ3) is 3.91. The Morgan fingerprint density at radius 2 is 1.76 bits per heavy atom. The van der Waals surface area contributed by atoms with Crippen LogP contribution < -0.4 is 5.32 Å². The summed E-state index contributed by atoms with van der Waals surface area (Å²) >= 11 is 0. The molecule has 3 aromatic heterocycles. The highest BCUT2D eigenvalue weighted by atomic mass is 19.1. The summed E-state index contributed by atoms with van der Waals surface area (Å²) in [5, 5.41) is 11.7. The van der Waals surface area contributed by atoms with Crippen LogP contribution in [0.5, 0.6) is 0 Å². The molecule has 1 amide bonds. The first kappa shape index (κ1) is 18.5. The van der Waals surface area contributed by atoms with Crippen LogP contribution in [0, 0.1) is 19.7 Å². The molecule has 0 bridgehead atoms. The molecule has 0 unspecified atom stereocenters. The summed E-state index contributed by atoms with van der Waals surface area (Å²) < 4.78 is 16.6. The molecule has 1 N–H and O–H groups in total. The normalized spacial score (nSPS) is 10.9. The van der Waals surface area contributed by atoms with Crippen LogP contribution >= 0.6 is 0 Å². The maximum Gasteiger partial charge on any atom is 0.260 e. The van der Waals surface area contributed by atoms with Gasteiger partial charge in [0.1, 0.15) is 5.82 Å². The van der Waals surface area contributed by atoms with Gasteiger partial charge in [0.2, 0.25) is 0 Å². The molecule has 146 valence electrons. The van der Waals surface area contributed by atoms with E-state index in [1.54, 1.807) is 60.0 Å². The van der Waals surface area contributed by atoms with Crippen molar-refractivity contribution in [3.8, 4) is 5.69 Å². The predicted molar refractivity (Wildman–Crippen MR) is 107 cm³/mol. The van der Waals surface area contributed by atoms with Crippen molar-refractivity contribution < 1.29 is 9.18 Å². The first-order valence-electron chi connectivity index (χ1n) is 9.07. The minimum Gasteiger partial charge on any atom is -0.305 e. The van der Waals surface area contributed by atoms with Gasteiger partial charge >= 0.3 is 0 Å². The fourth-order valence-electron chi connectivity index (χ4n) is 3.18. The Balaban J connectivity index is 1.53. The van der Waals surface area contributed by atoms with Crippen LogP contribution in [0.1, 0.15) is 27.3 Å². The van der Waals surface area contributed by atoms with Gasteiger partial charge in [0.25, 0.3) is 5.91 Å². The minimum absolute atomic E-state index is 0.289. The number of hydrogen-bond donors (Lipinski definition) is 1. The molecule has 8 heteroatoms. The molecule has 0 aliphatic rings. The minimum atomic E-state index is -0.324. The van der Waals surface area contributed by atoms with Gasteiger partial charge in [-0.1, -0.05) is 0 Å². The molecule has 1 aromatic carbocycles. The lowest BCUT2D eigenvalue weighted by Crippen LogP contribution is -2.15. The second-order valence-electron chi connectivity index (χ2n) is 6.64. The molecule has 7 nitrogen and oxygen atoms in total. The molecule has 4 aromatic rings. The topological polar surface area (TPSA) is 77.6 Å². The van der Waals surface area contributed by atoms with E-state index in [-0.39, 0.29) is 11.7 Å². The molecule has 0 atom stereocenters. The number of nitrogens with one attached hydrogen (secondary N) is 1. The molecule has 4 rings (SSSR count). The summed E-state index contributed by atoms with van der Waals surface area (Å²) in [4.78, 5) is 16.8. The summed E-state index contributed by atoms with van der Waals surface area (Å²) in [5.74, 6) is -0.157. The highest BCUT2D eigenvalue weighted by molar-refractivity contribution is 6.05. The Kier molecular flexibility index (Phi) is 4.90. The number of anilines is 1. The molecule has 0 fully saturated rings. The Bertz CT molecular complexity index is 1150. The van der Waals surface area contributed by atoms with E-state index in [4.69, 9.17) is 0 Å². The van der Waals surface area contributed by atoms with Crippen molar-refractivity contribution in [2.45, 2.75) is 20.4 Å². The second-order valence-corrected chi connectivity index (χ2v) is 6.64. The Hall–Kier alpha value is -3.81. The van der Waals surface area contributed by atoms with Crippen molar-refractivity contribution in [1.82, 2.24) is 24.5 Å².